The Kier molecular flexibility index (Phi) is 4.99. The molecule has 0 atom stereocenters. The fraction of sp³-hybridized carbons (Fsp3) is 0.0732. The summed E-state index contributed by atoms with van der Waals surface area (Å²) in [6.45, 7) is 4.67. The first-order valence-electron chi connectivity index (χ1n) is 14.9. The van der Waals surface area contributed by atoms with Gasteiger partial charge in [0.25, 0.3) is 0 Å². The molecule has 43 heavy (non-hydrogen) atoms. The van der Waals surface area contributed by atoms with Gasteiger partial charge >= 0.3 is 0 Å². The van der Waals surface area contributed by atoms with Crippen molar-refractivity contribution < 1.29 is 4.42 Å². The maximum Gasteiger partial charge on any atom is 0.135 e. The van der Waals surface area contributed by atoms with E-state index in [1.54, 1.807) is 0 Å². The van der Waals surface area contributed by atoms with Crippen molar-refractivity contribution in [2.45, 2.75) is 19.3 Å². The van der Waals surface area contributed by atoms with E-state index in [1.807, 2.05) is 6.07 Å². The molecule has 1 heterocycles. The second-order valence-electron chi connectivity index (χ2n) is 12.2. The smallest absolute Gasteiger partial charge is 0.135 e. The Morgan fingerprint density at radius 3 is 2.00 bits per heavy atom. The molecule has 0 radical (unpaired) electrons. The van der Waals surface area contributed by atoms with E-state index in [0.717, 1.165) is 28.2 Å². The summed E-state index contributed by atoms with van der Waals surface area (Å²) in [6, 6.07) is 50.6. The zero-order valence-corrected chi connectivity index (χ0v) is 24.1. The van der Waals surface area contributed by atoms with Gasteiger partial charge in [-0.05, 0) is 98.4 Å². The molecular formula is C41H29NO. The molecule has 1 aliphatic rings. The molecule has 2 heteroatoms. The minimum Gasteiger partial charge on any atom is -0.456 e. The molecule has 0 unspecified atom stereocenters. The lowest BCUT2D eigenvalue weighted by atomic mass is 9.82. The largest absolute Gasteiger partial charge is 0.456 e. The number of benzene rings is 7. The third-order valence-electron chi connectivity index (χ3n) is 9.42. The molecule has 204 valence electrons. The molecule has 0 N–H and O–H groups in total. The summed E-state index contributed by atoms with van der Waals surface area (Å²) in [7, 11) is 0. The third-order valence-corrected chi connectivity index (χ3v) is 9.42. The summed E-state index contributed by atoms with van der Waals surface area (Å²) in [4.78, 5) is 2.38. The van der Waals surface area contributed by atoms with Gasteiger partial charge in [-0.1, -0.05) is 98.8 Å². The van der Waals surface area contributed by atoms with Crippen LogP contribution in [0.1, 0.15) is 25.0 Å². The quantitative estimate of drug-likeness (QED) is 0.203. The zero-order valence-electron chi connectivity index (χ0n) is 24.1. The van der Waals surface area contributed by atoms with Crippen LogP contribution < -0.4 is 4.90 Å². The van der Waals surface area contributed by atoms with E-state index in [-0.39, 0.29) is 5.41 Å². The SMILES string of the molecule is CC1(C)c2cc(N(c3ccccc3)c3ccc4c(ccc5ccccc54)c3)ccc2-c2cc3c(cc21)oc1ccccc13. The maximum atomic E-state index is 6.30. The summed E-state index contributed by atoms with van der Waals surface area (Å²) in [5.74, 6) is 0. The second kappa shape index (κ2) is 8.83. The average molecular weight is 552 g/mol. The van der Waals surface area contributed by atoms with Gasteiger partial charge in [-0.25, -0.2) is 0 Å². The van der Waals surface area contributed by atoms with Gasteiger partial charge in [0.15, 0.2) is 0 Å². The number of furan rings is 1. The molecule has 0 fully saturated rings. The maximum absolute atomic E-state index is 6.30. The van der Waals surface area contributed by atoms with Gasteiger partial charge in [-0.15, -0.1) is 0 Å². The minimum absolute atomic E-state index is 0.168. The first-order valence-corrected chi connectivity index (χ1v) is 14.9. The van der Waals surface area contributed by atoms with Gasteiger partial charge < -0.3 is 9.32 Å². The van der Waals surface area contributed by atoms with Gasteiger partial charge in [-0.2, -0.15) is 0 Å². The third kappa shape index (κ3) is 3.53. The van der Waals surface area contributed by atoms with Gasteiger partial charge in [0, 0.05) is 33.2 Å². The molecule has 8 aromatic rings. The summed E-state index contributed by atoms with van der Waals surface area (Å²) in [5, 5.41) is 7.41. The standard InChI is InChI=1S/C41H29NO/c1-41(2)37-23-30(19-21-33(37)35-24-36-34-14-8-9-15-39(34)43-40(36)25-38(35)41)42(28-11-4-3-5-12-28)29-18-20-32-27(22-29)17-16-26-10-6-7-13-31(26)32/h3-25H,1-2H3. The van der Waals surface area contributed by atoms with Crippen LogP contribution in [0.5, 0.6) is 0 Å². The van der Waals surface area contributed by atoms with E-state index in [1.165, 1.54) is 54.6 Å². The van der Waals surface area contributed by atoms with Crippen molar-refractivity contribution in [3.8, 4) is 11.1 Å². The highest BCUT2D eigenvalue weighted by Gasteiger charge is 2.37. The lowest BCUT2D eigenvalue weighted by Crippen LogP contribution is -2.16. The van der Waals surface area contributed by atoms with E-state index < -0.39 is 0 Å². The van der Waals surface area contributed by atoms with Crippen LogP contribution in [0, 0.1) is 0 Å². The number of hydrogen-bond donors (Lipinski definition) is 0. The molecule has 0 amide bonds. The Labute approximate surface area is 250 Å². The summed E-state index contributed by atoms with van der Waals surface area (Å²) < 4.78 is 6.30. The number of anilines is 3. The van der Waals surface area contributed by atoms with Gasteiger partial charge in [0.2, 0.25) is 0 Å². The average Bonchev–Trinajstić information content (AvgIpc) is 3.52. The van der Waals surface area contributed by atoms with Crippen LogP contribution in [0.3, 0.4) is 0 Å². The topological polar surface area (TPSA) is 16.4 Å². The van der Waals surface area contributed by atoms with E-state index in [2.05, 4.69) is 152 Å². The molecule has 0 spiro atoms. The summed E-state index contributed by atoms with van der Waals surface area (Å²) in [6.07, 6.45) is 0. The van der Waals surface area contributed by atoms with E-state index in [4.69, 9.17) is 4.42 Å². The molecule has 9 rings (SSSR count). The predicted molar refractivity (Wildman–Crippen MR) is 181 cm³/mol. The highest BCUT2D eigenvalue weighted by molar-refractivity contribution is 6.09. The monoisotopic (exact) mass is 551 g/mol. The van der Waals surface area contributed by atoms with Gasteiger partial charge in [0.05, 0.1) is 0 Å². The van der Waals surface area contributed by atoms with Crippen molar-refractivity contribution in [1.82, 2.24) is 0 Å². The molecule has 0 saturated carbocycles. The van der Waals surface area contributed by atoms with Crippen molar-refractivity contribution in [3.63, 3.8) is 0 Å². The Morgan fingerprint density at radius 1 is 0.442 bits per heavy atom. The fourth-order valence-electron chi connectivity index (χ4n) is 7.24. The molecule has 0 aliphatic heterocycles. The normalized spacial score (nSPS) is 13.5. The first-order chi connectivity index (χ1) is 21.1. The second-order valence-corrected chi connectivity index (χ2v) is 12.2. The van der Waals surface area contributed by atoms with Crippen molar-refractivity contribution >= 4 is 60.5 Å². The molecular weight excluding hydrogens is 522 g/mol. The highest BCUT2D eigenvalue weighted by atomic mass is 16.3. The molecule has 0 bridgehead atoms. The van der Waals surface area contributed by atoms with Crippen LogP contribution in [0.2, 0.25) is 0 Å². The van der Waals surface area contributed by atoms with E-state index >= 15 is 0 Å². The number of rotatable bonds is 3. The Balaban J connectivity index is 1.22. The van der Waals surface area contributed by atoms with Crippen molar-refractivity contribution in [2.75, 3.05) is 4.90 Å². The Bertz CT molecular complexity index is 2380. The van der Waals surface area contributed by atoms with Crippen LogP contribution in [-0.4, -0.2) is 0 Å². The van der Waals surface area contributed by atoms with Crippen LogP contribution in [0.15, 0.2) is 144 Å². The van der Waals surface area contributed by atoms with Crippen LogP contribution >= 0.6 is 0 Å². The lowest BCUT2D eigenvalue weighted by Gasteiger charge is -2.28. The number of hydrogen-bond acceptors (Lipinski definition) is 2. The van der Waals surface area contributed by atoms with Gasteiger partial charge in [-0.3, -0.25) is 0 Å². The van der Waals surface area contributed by atoms with Crippen molar-refractivity contribution in [2.24, 2.45) is 0 Å². The van der Waals surface area contributed by atoms with Crippen LogP contribution in [0.25, 0.3) is 54.6 Å². The summed E-state index contributed by atoms with van der Waals surface area (Å²) in [5.41, 5.74) is 10.4. The highest BCUT2D eigenvalue weighted by Crippen LogP contribution is 2.52. The molecule has 7 aromatic carbocycles. The minimum atomic E-state index is -0.168. The van der Waals surface area contributed by atoms with E-state index in [0.29, 0.717) is 0 Å². The summed E-state index contributed by atoms with van der Waals surface area (Å²) >= 11 is 0. The molecule has 0 saturated heterocycles. The van der Waals surface area contributed by atoms with Crippen molar-refractivity contribution in [3.05, 3.63) is 151 Å². The molecule has 1 aromatic heterocycles. The molecule has 2 nitrogen and oxygen atoms in total. The Morgan fingerprint density at radius 2 is 1.12 bits per heavy atom. The number of nitrogens with zero attached hydrogens (tertiary/aromatic N) is 1. The van der Waals surface area contributed by atoms with Crippen molar-refractivity contribution in [1.29, 1.82) is 0 Å². The number of para-hydroxylation sites is 2. The first kappa shape index (κ1) is 24.3. The predicted octanol–water partition coefficient (Wildman–Crippen LogP) is 11.7. The zero-order chi connectivity index (χ0) is 28.7. The number of fused-ring (bicyclic) bond motifs is 9. The van der Waals surface area contributed by atoms with Crippen LogP contribution in [0.4, 0.5) is 17.1 Å². The fourth-order valence-corrected chi connectivity index (χ4v) is 7.24. The Hall–Kier alpha value is -5.34. The van der Waals surface area contributed by atoms with Crippen LogP contribution in [-0.2, 0) is 5.41 Å². The van der Waals surface area contributed by atoms with E-state index in [9.17, 15) is 0 Å². The lowest BCUT2D eigenvalue weighted by molar-refractivity contribution is 0.647. The van der Waals surface area contributed by atoms with Gasteiger partial charge in [0.1, 0.15) is 11.2 Å². The molecule has 1 aliphatic carbocycles.